The molecule has 1 aromatic heterocycles. The lowest BCUT2D eigenvalue weighted by atomic mass is 9.85. The van der Waals surface area contributed by atoms with Crippen molar-refractivity contribution < 1.29 is 4.79 Å². The number of hydrogen-bond donors (Lipinski definition) is 1. The largest absolute Gasteiger partial charge is 0.339 e. The molecule has 2 fully saturated rings. The van der Waals surface area contributed by atoms with Crippen molar-refractivity contribution in [3.63, 3.8) is 0 Å². The molecule has 5 rings (SSSR count). The minimum atomic E-state index is -0.462. The maximum Gasteiger partial charge on any atom is 0.247 e. The lowest BCUT2D eigenvalue weighted by Crippen LogP contribution is -2.56. The highest BCUT2D eigenvalue weighted by atomic mass is 16.2. The number of benzene rings is 2. The van der Waals surface area contributed by atoms with Crippen molar-refractivity contribution in [3.8, 4) is 0 Å². The second-order valence-electron chi connectivity index (χ2n) is 8.91. The van der Waals surface area contributed by atoms with Crippen LogP contribution in [0.5, 0.6) is 0 Å². The van der Waals surface area contributed by atoms with Crippen molar-refractivity contribution in [2.24, 2.45) is 0 Å². The molecule has 1 spiro atoms. The van der Waals surface area contributed by atoms with Crippen LogP contribution < -0.4 is 10.2 Å². The Bertz CT molecular complexity index is 1160. The predicted molar refractivity (Wildman–Crippen MR) is 128 cm³/mol. The van der Waals surface area contributed by atoms with Crippen LogP contribution >= 0.6 is 0 Å². The summed E-state index contributed by atoms with van der Waals surface area (Å²) in [5, 5.41) is 3.08. The van der Waals surface area contributed by atoms with Gasteiger partial charge in [-0.15, -0.1) is 0 Å². The van der Waals surface area contributed by atoms with Gasteiger partial charge in [-0.25, -0.2) is 9.83 Å². The first-order valence-corrected chi connectivity index (χ1v) is 11.4. The molecule has 2 aliphatic heterocycles. The van der Waals surface area contributed by atoms with Gasteiger partial charge in [-0.2, -0.15) is 0 Å². The first-order valence-electron chi connectivity index (χ1n) is 11.4. The zero-order valence-corrected chi connectivity index (χ0v) is 18.8. The van der Waals surface area contributed by atoms with Crippen molar-refractivity contribution in [2.75, 3.05) is 24.7 Å². The first kappa shape index (κ1) is 21.2. The lowest BCUT2D eigenvalue weighted by molar-refractivity contribution is -0.125. The summed E-state index contributed by atoms with van der Waals surface area (Å²) in [6.45, 7) is 12.4. The molecule has 1 amide bonds. The van der Waals surface area contributed by atoms with E-state index in [1.165, 1.54) is 0 Å². The summed E-state index contributed by atoms with van der Waals surface area (Å²) in [4.78, 5) is 25.5. The number of imidazole rings is 1. The lowest BCUT2D eigenvalue weighted by Gasteiger charge is -2.43. The fraction of sp³-hybridized carbons (Fsp3) is 0.346. The summed E-state index contributed by atoms with van der Waals surface area (Å²) in [5.41, 5.74) is 3.60. The third-order valence-electron chi connectivity index (χ3n) is 7.14. The Morgan fingerprint density at radius 2 is 1.85 bits per heavy atom. The molecular formula is C26H28N6O. The number of hydrogen-bond acceptors (Lipinski definition) is 4. The van der Waals surface area contributed by atoms with Crippen molar-refractivity contribution >= 4 is 17.3 Å². The Labute approximate surface area is 194 Å². The van der Waals surface area contributed by atoms with Crippen LogP contribution in [0.25, 0.3) is 4.85 Å². The molecular weight excluding hydrogens is 412 g/mol. The number of carbonyl (C=O) groups is 1. The minimum absolute atomic E-state index is 0.132. The van der Waals surface area contributed by atoms with Crippen LogP contribution in [0.1, 0.15) is 37.1 Å². The van der Waals surface area contributed by atoms with Gasteiger partial charge in [0, 0.05) is 31.5 Å². The van der Waals surface area contributed by atoms with E-state index in [0.717, 1.165) is 49.4 Å². The van der Waals surface area contributed by atoms with Gasteiger partial charge in [0.2, 0.25) is 5.91 Å². The smallest absolute Gasteiger partial charge is 0.247 e. The third kappa shape index (κ3) is 3.87. The Morgan fingerprint density at radius 3 is 2.55 bits per heavy atom. The number of rotatable bonds is 5. The maximum absolute atomic E-state index is 12.9. The summed E-state index contributed by atoms with van der Waals surface area (Å²) < 4.78 is 2.20. The number of nitrogens with one attached hydrogen (secondary N) is 1. The molecule has 33 heavy (non-hydrogen) atoms. The Kier molecular flexibility index (Phi) is 5.61. The van der Waals surface area contributed by atoms with E-state index in [9.17, 15) is 4.79 Å². The van der Waals surface area contributed by atoms with Gasteiger partial charge in [0.05, 0.1) is 31.3 Å². The van der Waals surface area contributed by atoms with E-state index in [1.807, 2.05) is 55.0 Å². The maximum atomic E-state index is 12.9. The normalized spacial score (nSPS) is 18.8. The van der Waals surface area contributed by atoms with Crippen LogP contribution in [0.15, 0.2) is 67.1 Å². The molecule has 2 aliphatic rings. The molecule has 0 unspecified atom stereocenters. The summed E-state index contributed by atoms with van der Waals surface area (Å²) in [7, 11) is 0. The fourth-order valence-electron chi connectivity index (χ4n) is 5.13. The van der Waals surface area contributed by atoms with Crippen LogP contribution in [0, 0.1) is 6.57 Å². The van der Waals surface area contributed by atoms with Crippen molar-refractivity contribution in [3.05, 3.63) is 89.8 Å². The third-order valence-corrected chi connectivity index (χ3v) is 7.14. The standard InChI is InChI=1S/C26H28N6O/c1-20(21-8-10-22(27-2)11-9-21)31-18-28-16-24(31)17-30-14-12-26(13-15-30)25(33)29-19-32(26)23-6-4-3-5-7-23/h3-11,16,18,20H,12-15,17,19H2,1H3,(H,29,33)/t20-/m1/s1. The summed E-state index contributed by atoms with van der Waals surface area (Å²) in [6.07, 6.45) is 5.42. The number of amides is 1. The van der Waals surface area contributed by atoms with E-state index in [2.05, 4.69) is 48.6 Å². The van der Waals surface area contributed by atoms with E-state index in [-0.39, 0.29) is 11.9 Å². The average Bonchev–Trinajstić information content (AvgIpc) is 3.45. The Balaban J connectivity index is 1.28. The van der Waals surface area contributed by atoms with Crippen molar-refractivity contribution in [2.45, 2.75) is 37.9 Å². The number of piperidine rings is 1. The van der Waals surface area contributed by atoms with Gasteiger partial charge >= 0.3 is 0 Å². The number of nitrogens with zero attached hydrogens (tertiary/aromatic N) is 5. The molecule has 0 saturated carbocycles. The highest BCUT2D eigenvalue weighted by Gasteiger charge is 2.50. The molecule has 7 nitrogen and oxygen atoms in total. The predicted octanol–water partition coefficient (Wildman–Crippen LogP) is 3.97. The highest BCUT2D eigenvalue weighted by Crippen LogP contribution is 2.36. The highest BCUT2D eigenvalue weighted by molar-refractivity contribution is 5.93. The first-order chi connectivity index (χ1) is 16.1. The number of carbonyl (C=O) groups excluding carboxylic acids is 1. The van der Waals surface area contributed by atoms with Crippen LogP contribution in [-0.2, 0) is 11.3 Å². The van der Waals surface area contributed by atoms with Crippen LogP contribution in [0.2, 0.25) is 0 Å². The molecule has 7 heteroatoms. The van der Waals surface area contributed by atoms with Gasteiger partial charge in [-0.1, -0.05) is 42.5 Å². The van der Waals surface area contributed by atoms with Gasteiger partial charge in [0.1, 0.15) is 5.54 Å². The van der Waals surface area contributed by atoms with E-state index in [4.69, 9.17) is 6.57 Å². The van der Waals surface area contributed by atoms with E-state index >= 15 is 0 Å². The number of para-hydroxylation sites is 1. The summed E-state index contributed by atoms with van der Waals surface area (Å²) in [5.74, 6) is 0.146. The van der Waals surface area contributed by atoms with Gasteiger partial charge in [0.15, 0.2) is 5.69 Å². The number of anilines is 1. The van der Waals surface area contributed by atoms with Gasteiger partial charge < -0.3 is 14.8 Å². The van der Waals surface area contributed by atoms with E-state index in [0.29, 0.717) is 12.4 Å². The summed E-state index contributed by atoms with van der Waals surface area (Å²) >= 11 is 0. The minimum Gasteiger partial charge on any atom is -0.339 e. The van der Waals surface area contributed by atoms with Crippen molar-refractivity contribution in [1.82, 2.24) is 19.8 Å². The second kappa shape index (κ2) is 8.72. The van der Waals surface area contributed by atoms with Crippen LogP contribution in [-0.4, -0.2) is 45.7 Å². The molecule has 0 radical (unpaired) electrons. The molecule has 3 heterocycles. The number of aromatic nitrogens is 2. The molecule has 0 aliphatic carbocycles. The van der Waals surface area contributed by atoms with Crippen LogP contribution in [0.4, 0.5) is 11.4 Å². The van der Waals surface area contributed by atoms with Crippen LogP contribution in [0.3, 0.4) is 0 Å². The number of likely N-dealkylation sites (tertiary alicyclic amines) is 1. The zero-order valence-electron chi connectivity index (χ0n) is 18.8. The molecule has 2 aromatic carbocycles. The average molecular weight is 441 g/mol. The summed E-state index contributed by atoms with van der Waals surface area (Å²) in [6, 6.07) is 18.1. The quantitative estimate of drug-likeness (QED) is 0.610. The molecule has 0 bridgehead atoms. The Hall–Kier alpha value is -3.63. The van der Waals surface area contributed by atoms with E-state index in [1.54, 1.807) is 0 Å². The zero-order chi connectivity index (χ0) is 22.8. The van der Waals surface area contributed by atoms with Gasteiger partial charge in [-0.05, 0) is 37.5 Å². The molecule has 1 N–H and O–H groups in total. The Morgan fingerprint density at radius 1 is 1.12 bits per heavy atom. The van der Waals surface area contributed by atoms with E-state index < -0.39 is 5.54 Å². The molecule has 2 saturated heterocycles. The SMILES string of the molecule is [C-]#[N+]c1ccc([C@@H](C)n2cncc2CN2CCC3(CC2)C(=O)NCN3c2ccccc2)cc1. The molecule has 168 valence electrons. The molecule has 1 atom stereocenters. The van der Waals surface area contributed by atoms with Gasteiger partial charge in [-0.3, -0.25) is 9.69 Å². The fourth-order valence-corrected chi connectivity index (χ4v) is 5.13. The molecule has 3 aromatic rings. The monoisotopic (exact) mass is 440 g/mol. The second-order valence-corrected chi connectivity index (χ2v) is 8.91. The van der Waals surface area contributed by atoms with Gasteiger partial charge in [0.25, 0.3) is 0 Å². The topological polar surface area (TPSA) is 57.8 Å². The van der Waals surface area contributed by atoms with Crippen molar-refractivity contribution in [1.29, 1.82) is 0 Å².